The van der Waals surface area contributed by atoms with Gasteiger partial charge >= 0.3 is 0 Å². The van der Waals surface area contributed by atoms with Crippen LogP contribution in [-0.2, 0) is 11.3 Å². The van der Waals surface area contributed by atoms with Gasteiger partial charge in [0.25, 0.3) is 0 Å². The monoisotopic (exact) mass is 358 g/mol. The van der Waals surface area contributed by atoms with E-state index in [9.17, 15) is 4.79 Å². The van der Waals surface area contributed by atoms with E-state index in [0.717, 1.165) is 51.3 Å². The summed E-state index contributed by atoms with van der Waals surface area (Å²) in [5.74, 6) is 2.27. The average molecular weight is 359 g/mol. The van der Waals surface area contributed by atoms with E-state index in [1.54, 1.807) is 13.2 Å². The van der Waals surface area contributed by atoms with Crippen molar-refractivity contribution in [3.63, 3.8) is 0 Å². The molecule has 0 bridgehead atoms. The molecule has 0 unspecified atom stereocenters. The van der Waals surface area contributed by atoms with Crippen molar-refractivity contribution in [1.29, 1.82) is 0 Å². The first-order valence-electron chi connectivity index (χ1n) is 9.76. The summed E-state index contributed by atoms with van der Waals surface area (Å²) in [5.41, 5.74) is 1.25. The first-order chi connectivity index (χ1) is 12.5. The lowest BCUT2D eigenvalue weighted by atomic mass is 9.95. The van der Waals surface area contributed by atoms with Gasteiger partial charge in [-0.1, -0.05) is 38.1 Å². The Balaban J connectivity index is 1.86. The van der Waals surface area contributed by atoms with E-state index < -0.39 is 0 Å². The van der Waals surface area contributed by atoms with Gasteiger partial charge in [0.2, 0.25) is 5.91 Å². The van der Waals surface area contributed by atoms with Gasteiger partial charge in [-0.15, -0.1) is 6.58 Å². The van der Waals surface area contributed by atoms with Crippen LogP contribution in [0.1, 0.15) is 38.7 Å². The Kier molecular flexibility index (Phi) is 8.17. The molecule has 0 aliphatic carbocycles. The minimum Gasteiger partial charge on any atom is -0.496 e. The SMILES string of the molecule is C=CCC(=O)N(CC(C)C)CC1CCN(Cc2ccccc2OC)CC1. The molecule has 0 N–H and O–H groups in total. The summed E-state index contributed by atoms with van der Waals surface area (Å²) >= 11 is 0. The molecule has 1 aromatic rings. The van der Waals surface area contributed by atoms with Crippen LogP contribution in [0.5, 0.6) is 5.75 Å². The number of likely N-dealkylation sites (tertiary alicyclic amines) is 1. The van der Waals surface area contributed by atoms with Crippen molar-refractivity contribution < 1.29 is 9.53 Å². The molecule has 0 saturated carbocycles. The number of piperidine rings is 1. The lowest BCUT2D eigenvalue weighted by molar-refractivity contribution is -0.131. The normalized spacial score (nSPS) is 15.8. The van der Waals surface area contributed by atoms with Crippen molar-refractivity contribution in [1.82, 2.24) is 9.80 Å². The Morgan fingerprint density at radius 2 is 2.04 bits per heavy atom. The van der Waals surface area contributed by atoms with Crippen molar-refractivity contribution in [3.8, 4) is 5.75 Å². The van der Waals surface area contributed by atoms with Gasteiger partial charge in [-0.25, -0.2) is 0 Å². The summed E-state index contributed by atoms with van der Waals surface area (Å²) in [6.45, 7) is 12.9. The van der Waals surface area contributed by atoms with E-state index >= 15 is 0 Å². The van der Waals surface area contributed by atoms with Gasteiger partial charge in [-0.2, -0.15) is 0 Å². The second kappa shape index (κ2) is 10.4. The minimum absolute atomic E-state index is 0.213. The third-order valence-electron chi connectivity index (χ3n) is 5.03. The molecule has 1 aliphatic heterocycles. The molecule has 0 aromatic heterocycles. The molecule has 0 atom stereocenters. The van der Waals surface area contributed by atoms with Crippen molar-refractivity contribution in [2.45, 2.75) is 39.7 Å². The predicted octanol–water partition coefficient (Wildman–Crippen LogP) is 3.97. The topological polar surface area (TPSA) is 32.8 Å². The average Bonchev–Trinajstić information content (AvgIpc) is 2.63. The molecule has 1 fully saturated rings. The van der Waals surface area contributed by atoms with Gasteiger partial charge in [0.05, 0.1) is 7.11 Å². The van der Waals surface area contributed by atoms with Crippen molar-refractivity contribution in [3.05, 3.63) is 42.5 Å². The maximum absolute atomic E-state index is 12.4. The summed E-state index contributed by atoms with van der Waals surface area (Å²) in [5, 5.41) is 0. The molecule has 1 heterocycles. The Hall–Kier alpha value is -1.81. The number of hydrogen-bond donors (Lipinski definition) is 0. The molecule has 4 nitrogen and oxygen atoms in total. The fraction of sp³-hybridized carbons (Fsp3) is 0.591. The number of para-hydroxylation sites is 1. The number of ether oxygens (including phenoxy) is 1. The number of carbonyl (C=O) groups is 1. The highest BCUT2D eigenvalue weighted by atomic mass is 16.5. The standard InChI is InChI=1S/C22H34N2O2/c1-5-8-22(25)24(15-18(2)3)16-19-11-13-23(14-12-19)17-20-9-6-7-10-21(20)26-4/h5-7,9-10,18-19H,1,8,11-17H2,2-4H3. The second-order valence-corrected chi connectivity index (χ2v) is 7.72. The van der Waals surface area contributed by atoms with Gasteiger partial charge in [0.15, 0.2) is 0 Å². The van der Waals surface area contributed by atoms with E-state index in [4.69, 9.17) is 4.74 Å². The van der Waals surface area contributed by atoms with Gasteiger partial charge in [-0.05, 0) is 43.8 Å². The second-order valence-electron chi connectivity index (χ2n) is 7.72. The molecule has 144 valence electrons. The third kappa shape index (κ3) is 6.17. The zero-order valence-electron chi connectivity index (χ0n) is 16.6. The first kappa shape index (κ1) is 20.5. The molecule has 1 aromatic carbocycles. The highest BCUT2D eigenvalue weighted by Gasteiger charge is 2.24. The van der Waals surface area contributed by atoms with Crippen LogP contribution in [0.2, 0.25) is 0 Å². The molecule has 2 rings (SSSR count). The van der Waals surface area contributed by atoms with E-state index in [1.165, 1.54) is 5.56 Å². The molecule has 1 saturated heterocycles. The van der Waals surface area contributed by atoms with E-state index in [0.29, 0.717) is 18.3 Å². The van der Waals surface area contributed by atoms with Gasteiger partial charge in [0.1, 0.15) is 5.75 Å². The fourth-order valence-electron chi connectivity index (χ4n) is 3.68. The maximum atomic E-state index is 12.4. The summed E-state index contributed by atoms with van der Waals surface area (Å²) in [7, 11) is 1.73. The Bertz CT molecular complexity index is 577. The summed E-state index contributed by atoms with van der Waals surface area (Å²) in [4.78, 5) is 16.9. The quantitative estimate of drug-likeness (QED) is 0.626. The lowest BCUT2D eigenvalue weighted by Crippen LogP contribution is -2.42. The van der Waals surface area contributed by atoms with Crippen molar-refractivity contribution in [2.75, 3.05) is 33.3 Å². The third-order valence-corrected chi connectivity index (χ3v) is 5.03. The molecule has 0 radical (unpaired) electrons. The van der Waals surface area contributed by atoms with Crippen LogP contribution in [0.15, 0.2) is 36.9 Å². The maximum Gasteiger partial charge on any atom is 0.226 e. The first-order valence-corrected chi connectivity index (χ1v) is 9.76. The molecule has 1 amide bonds. The van der Waals surface area contributed by atoms with Crippen molar-refractivity contribution in [2.24, 2.45) is 11.8 Å². The molecular weight excluding hydrogens is 324 g/mol. The number of rotatable bonds is 9. The highest BCUT2D eigenvalue weighted by molar-refractivity contribution is 5.77. The van der Waals surface area contributed by atoms with E-state index in [1.807, 2.05) is 17.0 Å². The van der Waals surface area contributed by atoms with E-state index in [2.05, 4.69) is 37.5 Å². The minimum atomic E-state index is 0.213. The molecule has 26 heavy (non-hydrogen) atoms. The van der Waals surface area contributed by atoms with Gasteiger partial charge in [0, 0.05) is 31.6 Å². The Morgan fingerprint density at radius 1 is 1.35 bits per heavy atom. The number of carbonyl (C=O) groups excluding carboxylic acids is 1. The molecule has 4 heteroatoms. The predicted molar refractivity (Wildman–Crippen MR) is 107 cm³/mol. The molecule has 1 aliphatic rings. The Morgan fingerprint density at radius 3 is 2.65 bits per heavy atom. The highest BCUT2D eigenvalue weighted by Crippen LogP contribution is 2.24. The lowest BCUT2D eigenvalue weighted by Gasteiger charge is -2.35. The largest absolute Gasteiger partial charge is 0.496 e. The fourth-order valence-corrected chi connectivity index (χ4v) is 3.68. The number of hydrogen-bond acceptors (Lipinski definition) is 3. The van der Waals surface area contributed by atoms with Crippen LogP contribution in [0.3, 0.4) is 0 Å². The summed E-state index contributed by atoms with van der Waals surface area (Å²) in [6.07, 6.45) is 4.45. The number of amides is 1. The zero-order chi connectivity index (χ0) is 18.9. The van der Waals surface area contributed by atoms with Crippen LogP contribution in [0.25, 0.3) is 0 Å². The summed E-state index contributed by atoms with van der Waals surface area (Å²) < 4.78 is 5.47. The molecule has 0 spiro atoms. The summed E-state index contributed by atoms with van der Waals surface area (Å²) in [6, 6.07) is 8.25. The van der Waals surface area contributed by atoms with Crippen molar-refractivity contribution >= 4 is 5.91 Å². The Labute approximate surface area is 158 Å². The van der Waals surface area contributed by atoms with Crippen LogP contribution >= 0.6 is 0 Å². The number of methoxy groups -OCH3 is 1. The molecular formula is C22H34N2O2. The van der Waals surface area contributed by atoms with Crippen LogP contribution in [0, 0.1) is 11.8 Å². The smallest absolute Gasteiger partial charge is 0.226 e. The zero-order valence-corrected chi connectivity index (χ0v) is 16.6. The van der Waals surface area contributed by atoms with Crippen LogP contribution in [-0.4, -0.2) is 49.0 Å². The van der Waals surface area contributed by atoms with Crippen LogP contribution < -0.4 is 4.74 Å². The number of nitrogens with zero attached hydrogens (tertiary/aromatic N) is 2. The van der Waals surface area contributed by atoms with Crippen LogP contribution in [0.4, 0.5) is 0 Å². The van der Waals surface area contributed by atoms with E-state index in [-0.39, 0.29) is 5.91 Å². The number of benzene rings is 1. The van der Waals surface area contributed by atoms with Gasteiger partial charge < -0.3 is 9.64 Å². The van der Waals surface area contributed by atoms with Gasteiger partial charge in [-0.3, -0.25) is 9.69 Å².